The van der Waals surface area contributed by atoms with Crippen molar-refractivity contribution in [1.82, 2.24) is 19.6 Å². The largest absolute Gasteiger partial charge is 0.482 e. The molecule has 0 atom stereocenters. The Hall–Kier alpha value is -2.85. The summed E-state index contributed by atoms with van der Waals surface area (Å²) in [5.41, 5.74) is 3.17. The zero-order valence-electron chi connectivity index (χ0n) is 15.9. The number of anilines is 2. The Morgan fingerprint density at radius 3 is 2.93 bits per heavy atom. The molecule has 0 aliphatic carbocycles. The fourth-order valence-electron chi connectivity index (χ4n) is 3.08. The van der Waals surface area contributed by atoms with Crippen LogP contribution in [0.5, 0.6) is 5.75 Å². The molecule has 2 aromatic heterocycles. The van der Waals surface area contributed by atoms with E-state index in [0.29, 0.717) is 38.8 Å². The molecule has 3 heterocycles. The third-order valence-electron chi connectivity index (χ3n) is 4.53. The van der Waals surface area contributed by atoms with E-state index in [1.807, 2.05) is 20.1 Å². The van der Waals surface area contributed by atoms with E-state index in [2.05, 4.69) is 25.7 Å². The zero-order valence-corrected chi connectivity index (χ0v) is 17.4. The van der Waals surface area contributed by atoms with Gasteiger partial charge in [-0.3, -0.25) is 9.59 Å². The normalized spacial score (nSPS) is 13.0. The van der Waals surface area contributed by atoms with Crippen LogP contribution in [-0.4, -0.2) is 44.3 Å². The van der Waals surface area contributed by atoms with E-state index in [1.54, 1.807) is 16.6 Å². The number of nitrogens with one attached hydrogen (secondary N) is 2. The number of thioether (sulfide) groups is 1. The minimum atomic E-state index is -0.260. The third-order valence-corrected chi connectivity index (χ3v) is 5.38. The maximum Gasteiger partial charge on any atom is 0.262 e. The van der Waals surface area contributed by atoms with Crippen LogP contribution >= 0.6 is 23.4 Å². The Morgan fingerprint density at radius 2 is 2.17 bits per heavy atom. The molecule has 0 spiro atoms. The van der Waals surface area contributed by atoms with Crippen LogP contribution in [0.2, 0.25) is 5.02 Å². The first-order valence-electron chi connectivity index (χ1n) is 8.68. The number of carbonyl (C=O) groups excluding carboxylic acids is 2. The number of carbonyl (C=O) groups is 2. The van der Waals surface area contributed by atoms with E-state index in [0.717, 1.165) is 11.3 Å². The van der Waals surface area contributed by atoms with Gasteiger partial charge < -0.3 is 15.4 Å². The predicted octanol–water partition coefficient (Wildman–Crippen LogP) is 2.63. The number of aromatic nitrogens is 4. The molecule has 2 N–H and O–H groups in total. The van der Waals surface area contributed by atoms with E-state index in [-0.39, 0.29) is 24.8 Å². The first-order valence-corrected chi connectivity index (χ1v) is 10.3. The highest BCUT2D eigenvalue weighted by Crippen LogP contribution is 2.36. The summed E-state index contributed by atoms with van der Waals surface area (Å²) in [5, 5.41) is 10.8. The number of ether oxygens (including phenoxy) is 1. The fraction of sp³-hybridized carbons (Fsp3) is 0.278. The van der Waals surface area contributed by atoms with E-state index in [4.69, 9.17) is 16.3 Å². The molecule has 2 amide bonds. The van der Waals surface area contributed by atoms with Crippen molar-refractivity contribution in [2.24, 2.45) is 0 Å². The van der Waals surface area contributed by atoms with E-state index in [1.165, 1.54) is 11.8 Å². The van der Waals surface area contributed by atoms with Gasteiger partial charge in [0.1, 0.15) is 5.75 Å². The van der Waals surface area contributed by atoms with Crippen LogP contribution < -0.4 is 15.4 Å². The van der Waals surface area contributed by atoms with Gasteiger partial charge in [-0.2, -0.15) is 4.98 Å². The molecule has 0 unspecified atom stereocenters. The van der Waals surface area contributed by atoms with Crippen molar-refractivity contribution >= 4 is 52.3 Å². The Bertz CT molecular complexity index is 1160. The van der Waals surface area contributed by atoms with Gasteiger partial charge in [-0.05, 0) is 26.2 Å². The van der Waals surface area contributed by atoms with Crippen molar-refractivity contribution in [2.45, 2.75) is 25.4 Å². The van der Waals surface area contributed by atoms with Gasteiger partial charge in [0.05, 0.1) is 22.8 Å². The number of rotatable bonds is 4. The number of amides is 2. The van der Waals surface area contributed by atoms with Crippen molar-refractivity contribution in [2.75, 3.05) is 23.5 Å². The molecule has 11 heteroatoms. The monoisotopic (exact) mass is 432 g/mol. The first kappa shape index (κ1) is 19.5. The standard InChI is InChI=1S/C18H17ClN6O3S/c1-8-10(9(2)25-17(20-8)23-18(24-25)29-3)4-15(26)21-12-6-14-13(5-11(12)19)22-16(27)7-28-14/h5-6H,4,7H2,1-3H3,(H,21,26)(H,22,27). The summed E-state index contributed by atoms with van der Waals surface area (Å²) in [6, 6.07) is 3.14. The number of benzene rings is 1. The summed E-state index contributed by atoms with van der Waals surface area (Å²) in [7, 11) is 0. The van der Waals surface area contributed by atoms with Crippen molar-refractivity contribution in [3.05, 3.63) is 34.1 Å². The lowest BCUT2D eigenvalue weighted by molar-refractivity contribution is -0.118. The molecule has 0 radical (unpaired) electrons. The number of aryl methyl sites for hydroxylation is 2. The molecule has 0 bridgehead atoms. The lowest BCUT2D eigenvalue weighted by atomic mass is 10.1. The fourth-order valence-corrected chi connectivity index (χ4v) is 3.63. The van der Waals surface area contributed by atoms with E-state index < -0.39 is 0 Å². The van der Waals surface area contributed by atoms with Crippen LogP contribution in [0.15, 0.2) is 17.3 Å². The van der Waals surface area contributed by atoms with Crippen molar-refractivity contribution in [3.8, 4) is 5.75 Å². The molecular weight excluding hydrogens is 416 g/mol. The topological polar surface area (TPSA) is 111 Å². The minimum Gasteiger partial charge on any atom is -0.482 e. The van der Waals surface area contributed by atoms with Crippen LogP contribution in [0.4, 0.5) is 11.4 Å². The van der Waals surface area contributed by atoms with Crippen LogP contribution in [0.3, 0.4) is 0 Å². The summed E-state index contributed by atoms with van der Waals surface area (Å²) in [5.74, 6) is 0.443. The Balaban J connectivity index is 1.58. The second-order valence-corrected chi connectivity index (χ2v) is 7.64. The molecule has 3 aromatic rings. The summed E-state index contributed by atoms with van der Waals surface area (Å²) in [6.45, 7) is 3.64. The van der Waals surface area contributed by atoms with Crippen molar-refractivity contribution < 1.29 is 14.3 Å². The molecule has 0 saturated heterocycles. The molecule has 1 aromatic carbocycles. The number of hydrogen-bond donors (Lipinski definition) is 2. The smallest absolute Gasteiger partial charge is 0.262 e. The summed E-state index contributed by atoms with van der Waals surface area (Å²) in [4.78, 5) is 32.9. The average molecular weight is 433 g/mol. The van der Waals surface area contributed by atoms with Gasteiger partial charge in [0, 0.05) is 23.0 Å². The van der Waals surface area contributed by atoms with Gasteiger partial charge in [-0.1, -0.05) is 23.4 Å². The maximum atomic E-state index is 12.7. The number of halogens is 1. The van der Waals surface area contributed by atoms with Gasteiger partial charge in [-0.25, -0.2) is 9.50 Å². The highest BCUT2D eigenvalue weighted by Gasteiger charge is 2.20. The molecule has 29 heavy (non-hydrogen) atoms. The average Bonchev–Trinajstić information content (AvgIpc) is 3.09. The second-order valence-electron chi connectivity index (χ2n) is 6.46. The predicted molar refractivity (Wildman–Crippen MR) is 110 cm³/mol. The van der Waals surface area contributed by atoms with Gasteiger partial charge in [0.25, 0.3) is 11.7 Å². The van der Waals surface area contributed by atoms with Crippen LogP contribution in [0, 0.1) is 13.8 Å². The maximum absolute atomic E-state index is 12.7. The van der Waals surface area contributed by atoms with Crippen LogP contribution in [0.25, 0.3) is 5.78 Å². The van der Waals surface area contributed by atoms with E-state index >= 15 is 0 Å². The minimum absolute atomic E-state index is 0.0813. The highest BCUT2D eigenvalue weighted by molar-refractivity contribution is 7.98. The SMILES string of the molecule is CSc1nc2nc(C)c(CC(=O)Nc3cc4c(cc3Cl)NC(=O)CO4)c(C)n2n1. The van der Waals surface area contributed by atoms with Gasteiger partial charge in [0.2, 0.25) is 11.1 Å². The van der Waals surface area contributed by atoms with E-state index in [9.17, 15) is 9.59 Å². The summed E-state index contributed by atoms with van der Waals surface area (Å²) in [6.07, 6.45) is 1.99. The molecule has 0 saturated carbocycles. The number of fused-ring (bicyclic) bond motifs is 2. The van der Waals surface area contributed by atoms with Crippen molar-refractivity contribution in [1.29, 1.82) is 0 Å². The molecule has 150 valence electrons. The Morgan fingerprint density at radius 1 is 1.38 bits per heavy atom. The Labute approximate surface area is 175 Å². The lowest BCUT2D eigenvalue weighted by Gasteiger charge is -2.19. The van der Waals surface area contributed by atoms with Crippen LogP contribution in [-0.2, 0) is 16.0 Å². The van der Waals surface area contributed by atoms with Gasteiger partial charge in [-0.15, -0.1) is 5.10 Å². The van der Waals surface area contributed by atoms with Crippen LogP contribution in [0.1, 0.15) is 17.0 Å². The van der Waals surface area contributed by atoms with Gasteiger partial charge in [0.15, 0.2) is 6.61 Å². The summed E-state index contributed by atoms with van der Waals surface area (Å²) < 4.78 is 7.02. The molecule has 1 aliphatic heterocycles. The second kappa shape index (κ2) is 7.53. The highest BCUT2D eigenvalue weighted by atomic mass is 35.5. The Kier molecular flexibility index (Phi) is 5.05. The molecule has 1 aliphatic rings. The molecule has 4 rings (SSSR count). The molecule has 9 nitrogen and oxygen atoms in total. The third kappa shape index (κ3) is 3.73. The number of hydrogen-bond acceptors (Lipinski definition) is 7. The van der Waals surface area contributed by atoms with Crippen molar-refractivity contribution in [3.63, 3.8) is 0 Å². The zero-order chi connectivity index (χ0) is 20.7. The summed E-state index contributed by atoms with van der Waals surface area (Å²) >= 11 is 7.69. The lowest BCUT2D eigenvalue weighted by Crippen LogP contribution is -2.25. The molecular formula is C18H17ClN6O3S. The van der Waals surface area contributed by atoms with Gasteiger partial charge >= 0.3 is 0 Å². The first-order chi connectivity index (χ1) is 13.9. The quantitative estimate of drug-likeness (QED) is 0.609. The number of nitrogens with zero attached hydrogens (tertiary/aromatic N) is 4. The molecule has 0 fully saturated rings.